The van der Waals surface area contributed by atoms with Crippen molar-refractivity contribution < 1.29 is 23.5 Å². The molecule has 3 heterocycles. The number of unbranched alkanes of at least 4 members (excludes halogenated alkanes) is 1. The maximum absolute atomic E-state index is 13.8. The van der Waals surface area contributed by atoms with Gasteiger partial charge in [-0.1, -0.05) is 48.9 Å². The average molecular weight is 617 g/mol. The molecule has 0 amide bonds. The van der Waals surface area contributed by atoms with Gasteiger partial charge in [0.05, 0.1) is 40.6 Å². The van der Waals surface area contributed by atoms with Gasteiger partial charge in [0.25, 0.3) is 5.56 Å². The van der Waals surface area contributed by atoms with Gasteiger partial charge < -0.3 is 13.9 Å². The molecule has 8 nitrogen and oxygen atoms in total. The molecule has 0 aliphatic carbocycles. The fourth-order valence-electron chi connectivity index (χ4n) is 4.77. The summed E-state index contributed by atoms with van der Waals surface area (Å²) in [5.74, 6) is 0.242. The van der Waals surface area contributed by atoms with Crippen LogP contribution in [0.15, 0.2) is 91.0 Å². The normalized spacial score (nSPS) is 14.8. The lowest BCUT2D eigenvalue weighted by molar-refractivity contribution is -0.139. The van der Waals surface area contributed by atoms with Crippen molar-refractivity contribution in [3.8, 4) is 11.3 Å². The Morgan fingerprint density at radius 1 is 1.02 bits per heavy atom. The van der Waals surface area contributed by atoms with Gasteiger partial charge in [0.15, 0.2) is 4.80 Å². The third-order valence-electron chi connectivity index (χ3n) is 6.98. The van der Waals surface area contributed by atoms with E-state index in [0.29, 0.717) is 44.3 Å². The first-order valence-electron chi connectivity index (χ1n) is 14.1. The van der Waals surface area contributed by atoms with Crippen LogP contribution in [0.2, 0.25) is 0 Å². The lowest BCUT2D eigenvalue weighted by Crippen LogP contribution is -2.39. The molecule has 1 atom stereocenters. The van der Waals surface area contributed by atoms with Crippen molar-refractivity contribution in [1.82, 2.24) is 4.57 Å². The van der Waals surface area contributed by atoms with Crippen molar-refractivity contribution in [2.24, 2.45) is 4.99 Å². The average Bonchev–Trinajstić information content (AvgIpc) is 3.60. The molecule has 1 aliphatic rings. The van der Waals surface area contributed by atoms with Crippen LogP contribution in [0.1, 0.15) is 61.3 Å². The standard InChI is InChI=1S/C33H32N2O6S2/c1-5-7-18-40-31(37)23-10-8-21(9-11-23)26-17-14-24(41-26)19-27-30(36)35-29(22-12-15-25(42-4)16-13-22)28(32(38)39-6-2)20(3)34-33(35)43-27/h8-17,19,29H,5-7,18H2,1-4H3/b27-19-/t29-/m1/s1. The molecule has 5 rings (SSSR count). The zero-order chi connectivity index (χ0) is 30.5. The van der Waals surface area contributed by atoms with Gasteiger partial charge in [0.2, 0.25) is 0 Å². The number of carbonyl (C=O) groups is 2. The van der Waals surface area contributed by atoms with Gasteiger partial charge >= 0.3 is 11.9 Å². The number of aromatic nitrogens is 1. The quantitative estimate of drug-likeness (QED) is 0.127. The van der Waals surface area contributed by atoms with Crippen LogP contribution in [0.3, 0.4) is 0 Å². The van der Waals surface area contributed by atoms with E-state index in [2.05, 4.69) is 4.99 Å². The van der Waals surface area contributed by atoms with Crippen LogP contribution in [0.5, 0.6) is 0 Å². The third-order valence-corrected chi connectivity index (χ3v) is 8.71. The van der Waals surface area contributed by atoms with E-state index in [-0.39, 0.29) is 18.1 Å². The number of fused-ring (bicyclic) bond motifs is 1. The first kappa shape index (κ1) is 30.3. The number of thioether (sulfide) groups is 1. The van der Waals surface area contributed by atoms with Crippen LogP contribution in [0.4, 0.5) is 0 Å². The molecular formula is C33H32N2O6S2. The number of benzene rings is 2. The number of rotatable bonds is 10. The fourth-order valence-corrected chi connectivity index (χ4v) is 6.21. The first-order valence-corrected chi connectivity index (χ1v) is 16.1. The molecule has 4 aromatic rings. The lowest BCUT2D eigenvalue weighted by Gasteiger charge is -2.24. The highest BCUT2D eigenvalue weighted by molar-refractivity contribution is 7.98. The van der Waals surface area contributed by atoms with E-state index in [1.165, 1.54) is 11.3 Å². The number of thiazole rings is 1. The summed E-state index contributed by atoms with van der Waals surface area (Å²) in [7, 11) is 0. The van der Waals surface area contributed by atoms with Crippen molar-refractivity contribution in [3.05, 3.63) is 109 Å². The smallest absolute Gasteiger partial charge is 0.338 e. The van der Waals surface area contributed by atoms with Crippen LogP contribution in [0.25, 0.3) is 17.4 Å². The van der Waals surface area contributed by atoms with Crippen LogP contribution < -0.4 is 14.9 Å². The van der Waals surface area contributed by atoms with Crippen LogP contribution in [-0.2, 0) is 14.3 Å². The fraction of sp³-hybridized carbons (Fsp3) is 0.273. The Labute approximate surface area is 257 Å². The van der Waals surface area contributed by atoms with Gasteiger partial charge in [-0.25, -0.2) is 14.6 Å². The molecule has 10 heteroatoms. The van der Waals surface area contributed by atoms with Crippen molar-refractivity contribution >= 4 is 41.1 Å². The summed E-state index contributed by atoms with van der Waals surface area (Å²) in [5.41, 5.74) is 2.64. The van der Waals surface area contributed by atoms with Gasteiger partial charge in [-0.3, -0.25) is 9.36 Å². The number of carbonyl (C=O) groups excluding carboxylic acids is 2. The van der Waals surface area contributed by atoms with Crippen molar-refractivity contribution in [1.29, 1.82) is 0 Å². The molecule has 0 saturated carbocycles. The minimum atomic E-state index is -0.673. The number of hydrogen-bond donors (Lipinski definition) is 0. The zero-order valence-corrected chi connectivity index (χ0v) is 26.1. The Morgan fingerprint density at radius 3 is 2.44 bits per heavy atom. The molecule has 0 bridgehead atoms. The predicted molar refractivity (Wildman–Crippen MR) is 168 cm³/mol. The molecule has 1 aliphatic heterocycles. The van der Waals surface area contributed by atoms with Crippen molar-refractivity contribution in [2.45, 2.75) is 44.6 Å². The molecule has 0 spiro atoms. The van der Waals surface area contributed by atoms with E-state index in [4.69, 9.17) is 13.9 Å². The molecule has 0 radical (unpaired) electrons. The van der Waals surface area contributed by atoms with E-state index in [1.807, 2.05) is 43.5 Å². The maximum Gasteiger partial charge on any atom is 0.338 e. The van der Waals surface area contributed by atoms with Gasteiger partial charge in [-0.15, -0.1) is 11.8 Å². The minimum absolute atomic E-state index is 0.213. The molecule has 0 N–H and O–H groups in total. The summed E-state index contributed by atoms with van der Waals surface area (Å²) in [6.07, 6.45) is 5.46. The molecule has 0 unspecified atom stereocenters. The van der Waals surface area contributed by atoms with E-state index < -0.39 is 12.0 Å². The molecule has 0 fully saturated rings. The third kappa shape index (κ3) is 6.45. The Morgan fingerprint density at radius 2 is 1.77 bits per heavy atom. The van der Waals surface area contributed by atoms with E-state index in [1.54, 1.807) is 66.6 Å². The summed E-state index contributed by atoms with van der Waals surface area (Å²) >= 11 is 2.85. The van der Waals surface area contributed by atoms with E-state index in [0.717, 1.165) is 28.9 Å². The highest BCUT2D eigenvalue weighted by atomic mass is 32.2. The van der Waals surface area contributed by atoms with Crippen molar-refractivity contribution in [2.75, 3.05) is 19.5 Å². The predicted octanol–water partition coefficient (Wildman–Crippen LogP) is 5.74. The van der Waals surface area contributed by atoms with E-state index >= 15 is 0 Å². The number of nitrogens with zero attached hydrogens (tertiary/aromatic N) is 2. The number of allylic oxidation sites excluding steroid dienone is 1. The monoisotopic (exact) mass is 616 g/mol. The first-order chi connectivity index (χ1) is 20.8. The molecule has 2 aromatic heterocycles. The second kappa shape index (κ2) is 13.4. The van der Waals surface area contributed by atoms with Gasteiger partial charge in [-0.05, 0) is 68.5 Å². The number of esters is 2. The maximum atomic E-state index is 13.8. The Hall–Kier alpha value is -4.15. The second-order valence-electron chi connectivity index (χ2n) is 9.84. The number of hydrogen-bond acceptors (Lipinski definition) is 9. The van der Waals surface area contributed by atoms with E-state index in [9.17, 15) is 14.4 Å². The highest BCUT2D eigenvalue weighted by Gasteiger charge is 2.33. The summed E-state index contributed by atoms with van der Waals surface area (Å²) in [6, 6.07) is 17.8. The molecule has 2 aromatic carbocycles. The minimum Gasteiger partial charge on any atom is -0.463 e. The molecule has 0 saturated heterocycles. The zero-order valence-electron chi connectivity index (χ0n) is 24.4. The SMILES string of the molecule is CCCCOC(=O)c1ccc(-c2ccc(/C=c3\sc4n(c3=O)[C@H](c3ccc(SC)cc3)C(C(=O)OCC)=C(C)N=4)o2)cc1. The largest absolute Gasteiger partial charge is 0.463 e. The topological polar surface area (TPSA) is 100 Å². The Kier molecular flexibility index (Phi) is 9.47. The summed E-state index contributed by atoms with van der Waals surface area (Å²) in [4.78, 5) is 45.4. The van der Waals surface area contributed by atoms with Crippen molar-refractivity contribution in [3.63, 3.8) is 0 Å². The molecule has 43 heavy (non-hydrogen) atoms. The Bertz CT molecular complexity index is 1850. The van der Waals surface area contributed by atoms with Gasteiger partial charge in [0, 0.05) is 16.5 Å². The highest BCUT2D eigenvalue weighted by Crippen LogP contribution is 2.32. The van der Waals surface area contributed by atoms with Crippen LogP contribution >= 0.6 is 23.1 Å². The summed E-state index contributed by atoms with van der Waals surface area (Å²) in [6.45, 7) is 6.17. The van der Waals surface area contributed by atoms with Gasteiger partial charge in [-0.2, -0.15) is 0 Å². The summed E-state index contributed by atoms with van der Waals surface area (Å²) in [5, 5.41) is 0. The lowest BCUT2D eigenvalue weighted by atomic mass is 9.96. The number of furan rings is 1. The van der Waals surface area contributed by atoms with Crippen LogP contribution in [-0.4, -0.2) is 36.0 Å². The Balaban J connectivity index is 1.49. The second-order valence-corrected chi connectivity index (χ2v) is 11.7. The molecule has 222 valence electrons. The number of ether oxygens (including phenoxy) is 2. The molecular weight excluding hydrogens is 585 g/mol. The summed E-state index contributed by atoms with van der Waals surface area (Å²) < 4.78 is 18.7. The van der Waals surface area contributed by atoms with Gasteiger partial charge in [0.1, 0.15) is 11.5 Å². The van der Waals surface area contributed by atoms with Crippen LogP contribution in [0, 0.1) is 0 Å².